The maximum absolute atomic E-state index is 11.2. The van der Waals surface area contributed by atoms with Crippen LogP contribution in [0.3, 0.4) is 0 Å². The van der Waals surface area contributed by atoms with E-state index in [2.05, 4.69) is 18.2 Å². The highest BCUT2D eigenvalue weighted by atomic mass is 16.4. The minimum atomic E-state index is -1.30. The zero-order valence-corrected chi connectivity index (χ0v) is 14.4. The van der Waals surface area contributed by atoms with E-state index >= 15 is 0 Å². The molecule has 6 nitrogen and oxygen atoms in total. The highest BCUT2D eigenvalue weighted by molar-refractivity contribution is 6.40. The van der Waals surface area contributed by atoms with Crippen LogP contribution < -0.4 is 11.5 Å². The lowest BCUT2D eigenvalue weighted by Crippen LogP contribution is -2.56. The number of nitrogens with two attached hydrogens (primary N) is 2. The normalized spacial score (nSPS) is 19.4. The van der Waals surface area contributed by atoms with Crippen LogP contribution in [0.4, 0.5) is 0 Å². The van der Waals surface area contributed by atoms with Gasteiger partial charge in [0.25, 0.3) is 0 Å². The number of allylic oxidation sites excluding steroid dienone is 2. The van der Waals surface area contributed by atoms with Crippen molar-refractivity contribution in [1.29, 1.82) is 0 Å². The Morgan fingerprint density at radius 3 is 2.38 bits per heavy atom. The third-order valence-corrected chi connectivity index (χ3v) is 4.84. The summed E-state index contributed by atoms with van der Waals surface area (Å²) in [5.41, 5.74) is 11.5. The predicted molar refractivity (Wildman–Crippen MR) is 96.3 cm³/mol. The van der Waals surface area contributed by atoms with Crippen molar-refractivity contribution in [3.63, 3.8) is 0 Å². The first-order valence-electron chi connectivity index (χ1n) is 8.84. The predicted octanol–water partition coefficient (Wildman–Crippen LogP) is 1.43. The lowest BCUT2D eigenvalue weighted by atomic mass is 9.68. The van der Waals surface area contributed by atoms with Crippen molar-refractivity contribution in [1.82, 2.24) is 0 Å². The van der Waals surface area contributed by atoms with Crippen molar-refractivity contribution in [3.8, 4) is 0 Å². The van der Waals surface area contributed by atoms with Crippen molar-refractivity contribution in [2.75, 3.05) is 6.54 Å². The molecule has 0 aromatic heterocycles. The quantitative estimate of drug-likeness (QED) is 0.336. The SMILES string of the molecule is NC(CCCCB(O)O)(C(=O)O)C1CCC1.NCC1=CCCC=C1. The van der Waals surface area contributed by atoms with Crippen molar-refractivity contribution in [2.24, 2.45) is 17.4 Å². The zero-order chi connectivity index (χ0) is 18.0. The van der Waals surface area contributed by atoms with Gasteiger partial charge in [0.05, 0.1) is 0 Å². The topological polar surface area (TPSA) is 130 Å². The summed E-state index contributed by atoms with van der Waals surface area (Å²) in [7, 11) is -1.30. The Bertz CT molecular complexity index is 450. The highest BCUT2D eigenvalue weighted by Crippen LogP contribution is 2.37. The lowest BCUT2D eigenvalue weighted by Gasteiger charge is -2.39. The first-order valence-corrected chi connectivity index (χ1v) is 8.84. The summed E-state index contributed by atoms with van der Waals surface area (Å²) in [5, 5.41) is 26.5. The second kappa shape index (κ2) is 10.7. The van der Waals surface area contributed by atoms with Crippen LogP contribution in [-0.2, 0) is 4.79 Å². The van der Waals surface area contributed by atoms with Gasteiger partial charge in [0.15, 0.2) is 0 Å². The van der Waals surface area contributed by atoms with Gasteiger partial charge >= 0.3 is 13.1 Å². The molecule has 0 spiro atoms. The van der Waals surface area contributed by atoms with Gasteiger partial charge in [0, 0.05) is 6.54 Å². The Kier molecular flexibility index (Phi) is 9.29. The molecule has 1 atom stereocenters. The molecule has 1 unspecified atom stereocenters. The van der Waals surface area contributed by atoms with Gasteiger partial charge in [-0.15, -0.1) is 0 Å². The summed E-state index contributed by atoms with van der Waals surface area (Å²) in [5.74, 6) is -0.842. The number of hydrogen-bond acceptors (Lipinski definition) is 5. The molecular weight excluding hydrogens is 307 g/mol. The number of unbranched alkanes of at least 4 members (excludes halogenated alkanes) is 1. The van der Waals surface area contributed by atoms with Crippen LogP contribution >= 0.6 is 0 Å². The Hall–Kier alpha value is -1.15. The lowest BCUT2D eigenvalue weighted by molar-refractivity contribution is -0.147. The number of carbonyl (C=O) groups is 1. The Morgan fingerprint density at radius 1 is 1.29 bits per heavy atom. The van der Waals surface area contributed by atoms with Gasteiger partial charge in [-0.25, -0.2) is 0 Å². The molecule has 2 aliphatic carbocycles. The molecule has 7 N–H and O–H groups in total. The van der Waals surface area contributed by atoms with E-state index in [4.69, 9.17) is 26.6 Å². The van der Waals surface area contributed by atoms with E-state index in [1.165, 1.54) is 18.4 Å². The first-order chi connectivity index (χ1) is 11.4. The molecule has 0 bridgehead atoms. The number of rotatable bonds is 8. The van der Waals surface area contributed by atoms with E-state index in [9.17, 15) is 4.79 Å². The third-order valence-electron chi connectivity index (χ3n) is 4.84. The molecule has 0 aromatic rings. The van der Waals surface area contributed by atoms with Gasteiger partial charge in [0.2, 0.25) is 0 Å². The standard InChI is InChI=1S/C10H20BNO4.C7H11N/c12-10(9(13)14,8-4-3-5-8)6-1-2-7-11(15)16;8-6-7-4-2-1-3-5-7/h8,15-16H,1-7,12H2,(H,13,14);2,4-5H,1,3,6,8H2. The van der Waals surface area contributed by atoms with Crippen LogP contribution in [0.5, 0.6) is 0 Å². The van der Waals surface area contributed by atoms with E-state index in [1.54, 1.807) is 0 Å². The van der Waals surface area contributed by atoms with Gasteiger partial charge in [-0.05, 0) is 49.9 Å². The summed E-state index contributed by atoms with van der Waals surface area (Å²) >= 11 is 0. The molecular formula is C17H31BN2O4. The van der Waals surface area contributed by atoms with Gasteiger partial charge in [-0.3, -0.25) is 4.79 Å². The summed E-state index contributed by atoms with van der Waals surface area (Å²) in [6.45, 7) is 0.691. The zero-order valence-electron chi connectivity index (χ0n) is 14.4. The molecule has 2 aliphatic rings. The Labute approximate surface area is 144 Å². The maximum atomic E-state index is 11.2. The number of carboxylic acids is 1. The van der Waals surface area contributed by atoms with Crippen LogP contribution in [0.2, 0.25) is 6.32 Å². The van der Waals surface area contributed by atoms with E-state index in [0.717, 1.165) is 19.3 Å². The number of aliphatic carboxylic acids is 1. The van der Waals surface area contributed by atoms with Crippen LogP contribution in [-0.4, -0.2) is 40.3 Å². The fraction of sp³-hybridized carbons (Fsp3) is 0.706. The van der Waals surface area contributed by atoms with E-state index in [-0.39, 0.29) is 12.2 Å². The second-order valence-electron chi connectivity index (χ2n) is 6.66. The largest absolute Gasteiger partial charge is 0.480 e. The molecule has 136 valence electrons. The molecule has 7 heteroatoms. The highest BCUT2D eigenvalue weighted by Gasteiger charge is 2.44. The molecule has 0 saturated heterocycles. The molecule has 2 rings (SSSR count). The third kappa shape index (κ3) is 6.77. The number of hydrogen-bond donors (Lipinski definition) is 5. The Balaban J connectivity index is 0.000000300. The minimum absolute atomic E-state index is 0.0871. The van der Waals surface area contributed by atoms with Gasteiger partial charge in [-0.2, -0.15) is 0 Å². The molecule has 24 heavy (non-hydrogen) atoms. The van der Waals surface area contributed by atoms with Crippen molar-refractivity contribution in [2.45, 2.75) is 63.2 Å². The summed E-state index contributed by atoms with van der Waals surface area (Å²) < 4.78 is 0. The summed E-state index contributed by atoms with van der Waals surface area (Å²) in [6.07, 6.45) is 13.6. The molecule has 1 saturated carbocycles. The van der Waals surface area contributed by atoms with Gasteiger partial charge in [0.1, 0.15) is 5.54 Å². The summed E-state index contributed by atoms with van der Waals surface area (Å²) in [6, 6.07) is 0. The van der Waals surface area contributed by atoms with Crippen LogP contribution in [0.1, 0.15) is 51.4 Å². The first kappa shape index (κ1) is 20.9. The fourth-order valence-corrected chi connectivity index (χ4v) is 2.97. The monoisotopic (exact) mass is 338 g/mol. The Morgan fingerprint density at radius 2 is 2.00 bits per heavy atom. The smallest absolute Gasteiger partial charge is 0.451 e. The summed E-state index contributed by atoms with van der Waals surface area (Å²) in [4.78, 5) is 11.2. The van der Waals surface area contributed by atoms with Crippen LogP contribution in [0.25, 0.3) is 0 Å². The van der Waals surface area contributed by atoms with E-state index in [0.29, 0.717) is 25.8 Å². The fourth-order valence-electron chi connectivity index (χ4n) is 2.97. The van der Waals surface area contributed by atoms with Crippen molar-refractivity contribution in [3.05, 3.63) is 23.8 Å². The number of carboxylic acid groups (broad SMARTS) is 1. The van der Waals surface area contributed by atoms with Crippen molar-refractivity contribution < 1.29 is 19.9 Å². The molecule has 0 aliphatic heterocycles. The van der Waals surface area contributed by atoms with Gasteiger partial charge in [-0.1, -0.05) is 37.5 Å². The average molecular weight is 338 g/mol. The van der Waals surface area contributed by atoms with Crippen LogP contribution in [0.15, 0.2) is 23.8 Å². The maximum Gasteiger partial charge on any atom is 0.451 e. The van der Waals surface area contributed by atoms with Crippen molar-refractivity contribution >= 4 is 13.1 Å². The molecule has 1 fully saturated rings. The second-order valence-corrected chi connectivity index (χ2v) is 6.66. The molecule has 0 radical (unpaired) electrons. The van der Waals surface area contributed by atoms with E-state index in [1.807, 2.05) is 0 Å². The molecule has 0 heterocycles. The average Bonchev–Trinajstić information content (AvgIpc) is 2.51. The molecule has 0 amide bonds. The minimum Gasteiger partial charge on any atom is -0.480 e. The van der Waals surface area contributed by atoms with E-state index < -0.39 is 18.6 Å². The molecule has 0 aromatic carbocycles. The van der Waals surface area contributed by atoms with Crippen LogP contribution in [0, 0.1) is 5.92 Å². The van der Waals surface area contributed by atoms with Gasteiger partial charge < -0.3 is 26.6 Å².